The normalized spacial score (nSPS) is 12.0. The number of nitrogens with zero attached hydrogens (tertiary/aromatic N) is 2. The molecule has 0 fully saturated rings. The number of amides is 2. The van der Waals surface area contributed by atoms with Gasteiger partial charge >= 0.3 is 0 Å². The van der Waals surface area contributed by atoms with Crippen LogP contribution < -0.4 is 14.4 Å². The van der Waals surface area contributed by atoms with E-state index in [0.29, 0.717) is 30.9 Å². The molecule has 9 heteroatoms. The summed E-state index contributed by atoms with van der Waals surface area (Å²) in [7, 11) is -2.00. The first-order valence-corrected chi connectivity index (χ1v) is 13.7. The monoisotopic (exact) mass is 503 g/mol. The van der Waals surface area contributed by atoms with Crippen molar-refractivity contribution in [3.8, 4) is 5.75 Å². The number of benzene rings is 2. The van der Waals surface area contributed by atoms with Crippen LogP contribution in [0.1, 0.15) is 45.1 Å². The lowest BCUT2D eigenvalue weighted by molar-refractivity contribution is -0.140. The molecule has 192 valence electrons. The first-order valence-electron chi connectivity index (χ1n) is 11.9. The van der Waals surface area contributed by atoms with Gasteiger partial charge in [0.15, 0.2) is 0 Å². The zero-order chi connectivity index (χ0) is 25.8. The van der Waals surface area contributed by atoms with Gasteiger partial charge in [0, 0.05) is 26.1 Å². The summed E-state index contributed by atoms with van der Waals surface area (Å²) >= 11 is 0. The van der Waals surface area contributed by atoms with Crippen LogP contribution in [-0.4, -0.2) is 57.6 Å². The second-order valence-electron chi connectivity index (χ2n) is 8.46. The number of carbonyl (C=O) groups excluding carboxylic acids is 2. The van der Waals surface area contributed by atoms with Gasteiger partial charge in [0.25, 0.3) is 0 Å². The van der Waals surface area contributed by atoms with E-state index in [1.54, 1.807) is 43.2 Å². The SMILES string of the molecule is CCCCNC(=O)C(C)N(Cc1ccccc1)C(=O)CCCN(c1ccc(OC)cc1)S(C)(=O)=O. The van der Waals surface area contributed by atoms with Crippen molar-refractivity contribution in [2.24, 2.45) is 0 Å². The van der Waals surface area contributed by atoms with Gasteiger partial charge in [0.2, 0.25) is 21.8 Å². The number of rotatable bonds is 14. The molecular formula is C26H37N3O5S. The molecule has 0 aliphatic rings. The first kappa shape index (κ1) is 28.2. The summed E-state index contributed by atoms with van der Waals surface area (Å²) in [6.45, 7) is 4.79. The van der Waals surface area contributed by atoms with E-state index in [2.05, 4.69) is 5.32 Å². The highest BCUT2D eigenvalue weighted by molar-refractivity contribution is 7.92. The second-order valence-corrected chi connectivity index (χ2v) is 10.4. The van der Waals surface area contributed by atoms with Gasteiger partial charge in [0.05, 0.1) is 19.1 Å². The highest BCUT2D eigenvalue weighted by atomic mass is 32.2. The maximum Gasteiger partial charge on any atom is 0.242 e. The van der Waals surface area contributed by atoms with Gasteiger partial charge in [-0.25, -0.2) is 8.42 Å². The van der Waals surface area contributed by atoms with E-state index < -0.39 is 16.1 Å². The van der Waals surface area contributed by atoms with Crippen molar-refractivity contribution < 1.29 is 22.7 Å². The Morgan fingerprint density at radius 2 is 1.69 bits per heavy atom. The third-order valence-corrected chi connectivity index (χ3v) is 6.90. The molecular weight excluding hydrogens is 466 g/mol. The number of ether oxygens (including phenoxy) is 1. The fraction of sp³-hybridized carbons (Fsp3) is 0.462. The van der Waals surface area contributed by atoms with Gasteiger partial charge in [0.1, 0.15) is 11.8 Å². The van der Waals surface area contributed by atoms with E-state index in [1.165, 1.54) is 4.31 Å². The summed E-state index contributed by atoms with van der Waals surface area (Å²) in [5, 5.41) is 2.90. The molecule has 0 spiro atoms. The van der Waals surface area contributed by atoms with E-state index in [1.807, 2.05) is 37.3 Å². The predicted molar refractivity (Wildman–Crippen MR) is 139 cm³/mol. The van der Waals surface area contributed by atoms with Gasteiger partial charge in [-0.05, 0) is 49.6 Å². The van der Waals surface area contributed by atoms with Crippen molar-refractivity contribution in [1.82, 2.24) is 10.2 Å². The molecule has 0 radical (unpaired) electrons. The minimum atomic E-state index is -3.54. The summed E-state index contributed by atoms with van der Waals surface area (Å²) in [5.74, 6) is 0.231. The number of nitrogens with one attached hydrogen (secondary N) is 1. The molecule has 0 aromatic heterocycles. The van der Waals surface area contributed by atoms with Crippen LogP contribution in [0.25, 0.3) is 0 Å². The number of sulfonamides is 1. The summed E-state index contributed by atoms with van der Waals surface area (Å²) in [5.41, 5.74) is 1.43. The van der Waals surface area contributed by atoms with Gasteiger partial charge < -0.3 is 15.0 Å². The van der Waals surface area contributed by atoms with Crippen LogP contribution in [0.3, 0.4) is 0 Å². The Bertz CT molecular complexity index is 1040. The molecule has 1 atom stereocenters. The van der Waals surface area contributed by atoms with Crippen molar-refractivity contribution in [2.45, 2.75) is 52.1 Å². The van der Waals surface area contributed by atoms with E-state index in [-0.39, 0.29) is 24.8 Å². The zero-order valence-electron chi connectivity index (χ0n) is 21.1. The van der Waals surface area contributed by atoms with E-state index in [4.69, 9.17) is 4.74 Å². The third-order valence-electron chi connectivity index (χ3n) is 5.71. The minimum absolute atomic E-state index is 0.113. The van der Waals surface area contributed by atoms with Crippen molar-refractivity contribution in [1.29, 1.82) is 0 Å². The Kier molecular flexibility index (Phi) is 11.0. The molecule has 2 amide bonds. The Morgan fingerprint density at radius 3 is 2.26 bits per heavy atom. The number of unbranched alkanes of at least 4 members (excludes halogenated alkanes) is 1. The highest BCUT2D eigenvalue weighted by Crippen LogP contribution is 2.22. The van der Waals surface area contributed by atoms with Gasteiger partial charge in [-0.15, -0.1) is 0 Å². The van der Waals surface area contributed by atoms with Crippen LogP contribution in [0, 0.1) is 0 Å². The molecule has 0 aliphatic heterocycles. The lowest BCUT2D eigenvalue weighted by Crippen LogP contribution is -2.47. The summed E-state index contributed by atoms with van der Waals surface area (Å²) in [4.78, 5) is 27.5. The summed E-state index contributed by atoms with van der Waals surface area (Å²) in [6.07, 6.45) is 3.41. The minimum Gasteiger partial charge on any atom is -0.497 e. The average molecular weight is 504 g/mol. The van der Waals surface area contributed by atoms with Crippen LogP contribution in [-0.2, 0) is 26.2 Å². The molecule has 0 bridgehead atoms. The van der Waals surface area contributed by atoms with Gasteiger partial charge in [-0.2, -0.15) is 0 Å². The largest absolute Gasteiger partial charge is 0.497 e. The summed E-state index contributed by atoms with van der Waals surface area (Å²) in [6, 6.07) is 15.6. The number of carbonyl (C=O) groups is 2. The molecule has 0 aliphatic carbocycles. The molecule has 35 heavy (non-hydrogen) atoms. The molecule has 2 rings (SSSR count). The molecule has 8 nitrogen and oxygen atoms in total. The first-order chi connectivity index (χ1) is 16.7. The van der Waals surface area contributed by atoms with E-state index in [0.717, 1.165) is 24.7 Å². The summed E-state index contributed by atoms with van der Waals surface area (Å²) < 4.78 is 31.2. The van der Waals surface area contributed by atoms with Crippen LogP contribution in [0.5, 0.6) is 5.75 Å². The molecule has 2 aromatic rings. The lowest BCUT2D eigenvalue weighted by atomic mass is 10.1. The van der Waals surface area contributed by atoms with Crippen LogP contribution in [0.4, 0.5) is 5.69 Å². The van der Waals surface area contributed by atoms with E-state index in [9.17, 15) is 18.0 Å². The quantitative estimate of drug-likeness (QED) is 0.398. The molecule has 0 saturated heterocycles. The maximum absolute atomic E-state index is 13.2. The van der Waals surface area contributed by atoms with Crippen LogP contribution >= 0.6 is 0 Å². The Balaban J connectivity index is 2.11. The molecule has 1 unspecified atom stereocenters. The number of anilines is 1. The van der Waals surface area contributed by atoms with Crippen molar-refractivity contribution in [3.63, 3.8) is 0 Å². The molecule has 0 heterocycles. The van der Waals surface area contributed by atoms with Crippen LogP contribution in [0.2, 0.25) is 0 Å². The molecule has 0 saturated carbocycles. The van der Waals surface area contributed by atoms with Gasteiger partial charge in [-0.3, -0.25) is 13.9 Å². The fourth-order valence-electron chi connectivity index (χ4n) is 3.65. The van der Waals surface area contributed by atoms with Crippen molar-refractivity contribution >= 4 is 27.5 Å². The molecule has 1 N–H and O–H groups in total. The second kappa shape index (κ2) is 13.7. The van der Waals surface area contributed by atoms with E-state index >= 15 is 0 Å². The lowest BCUT2D eigenvalue weighted by Gasteiger charge is -2.29. The fourth-order valence-corrected chi connectivity index (χ4v) is 4.62. The number of hydrogen-bond donors (Lipinski definition) is 1. The Labute approximate surface area is 209 Å². The van der Waals surface area contributed by atoms with Crippen LogP contribution in [0.15, 0.2) is 54.6 Å². The highest BCUT2D eigenvalue weighted by Gasteiger charge is 2.26. The number of hydrogen-bond acceptors (Lipinski definition) is 5. The van der Waals surface area contributed by atoms with Gasteiger partial charge in [-0.1, -0.05) is 43.7 Å². The van der Waals surface area contributed by atoms with Crippen molar-refractivity contribution in [2.75, 3.05) is 30.8 Å². The smallest absolute Gasteiger partial charge is 0.242 e. The standard InChI is InChI=1S/C26H37N3O5S/c1-5-6-18-27-26(31)21(2)28(20-22-11-8-7-9-12-22)25(30)13-10-19-29(35(4,32)33)23-14-16-24(34-3)17-15-23/h7-9,11-12,14-17,21H,5-6,10,13,18-20H2,1-4H3,(H,27,31). The maximum atomic E-state index is 13.2. The zero-order valence-corrected chi connectivity index (χ0v) is 21.9. The number of methoxy groups -OCH3 is 1. The Morgan fingerprint density at radius 1 is 1.03 bits per heavy atom. The average Bonchev–Trinajstić information content (AvgIpc) is 2.84. The Hall–Kier alpha value is -3.07. The molecule has 2 aromatic carbocycles. The third kappa shape index (κ3) is 8.90. The van der Waals surface area contributed by atoms with Crippen molar-refractivity contribution in [3.05, 3.63) is 60.2 Å². The predicted octanol–water partition coefficient (Wildman–Crippen LogP) is 3.58. The topological polar surface area (TPSA) is 96.0 Å².